The molecule has 1 atom stereocenters. The van der Waals surface area contributed by atoms with Gasteiger partial charge < -0.3 is 5.32 Å². The van der Waals surface area contributed by atoms with Crippen molar-refractivity contribution in [3.05, 3.63) is 35.6 Å². The first-order valence-electron chi connectivity index (χ1n) is 6.61. The van der Waals surface area contributed by atoms with Crippen molar-refractivity contribution in [2.45, 2.75) is 32.7 Å². The SMILES string of the molecule is CC1(C)CSCC(NCCc2ccc(F)cc2)C1. The highest BCUT2D eigenvalue weighted by Gasteiger charge is 2.27. The Morgan fingerprint density at radius 2 is 2.06 bits per heavy atom. The van der Waals surface area contributed by atoms with Crippen LogP contribution < -0.4 is 5.32 Å². The Morgan fingerprint density at radius 1 is 1.33 bits per heavy atom. The Hall–Kier alpha value is -0.540. The van der Waals surface area contributed by atoms with Gasteiger partial charge in [-0.3, -0.25) is 0 Å². The summed E-state index contributed by atoms with van der Waals surface area (Å²) in [7, 11) is 0. The van der Waals surface area contributed by atoms with Crippen molar-refractivity contribution in [2.75, 3.05) is 18.1 Å². The molecule has 1 saturated heterocycles. The fourth-order valence-corrected chi connectivity index (χ4v) is 3.77. The lowest BCUT2D eigenvalue weighted by atomic mass is 9.88. The quantitative estimate of drug-likeness (QED) is 0.896. The van der Waals surface area contributed by atoms with Crippen LogP contribution in [0.2, 0.25) is 0 Å². The molecule has 100 valence electrons. The van der Waals surface area contributed by atoms with Crippen molar-refractivity contribution >= 4 is 11.8 Å². The largest absolute Gasteiger partial charge is 0.313 e. The normalized spacial score (nSPS) is 22.9. The summed E-state index contributed by atoms with van der Waals surface area (Å²) in [6.45, 7) is 5.66. The van der Waals surface area contributed by atoms with Crippen molar-refractivity contribution < 1.29 is 4.39 Å². The summed E-state index contributed by atoms with van der Waals surface area (Å²) in [6.07, 6.45) is 2.23. The van der Waals surface area contributed by atoms with Crippen LogP contribution >= 0.6 is 11.8 Å². The van der Waals surface area contributed by atoms with E-state index in [0.29, 0.717) is 11.5 Å². The highest BCUT2D eigenvalue weighted by atomic mass is 32.2. The molecule has 1 aromatic rings. The van der Waals surface area contributed by atoms with Crippen LogP contribution in [0.5, 0.6) is 0 Å². The fraction of sp³-hybridized carbons (Fsp3) is 0.600. The third kappa shape index (κ3) is 4.29. The topological polar surface area (TPSA) is 12.0 Å². The van der Waals surface area contributed by atoms with Gasteiger partial charge in [0.25, 0.3) is 0 Å². The van der Waals surface area contributed by atoms with Crippen LogP contribution in [0.3, 0.4) is 0 Å². The molecule has 0 amide bonds. The molecule has 1 N–H and O–H groups in total. The van der Waals surface area contributed by atoms with Gasteiger partial charge in [-0.15, -0.1) is 0 Å². The standard InChI is InChI=1S/C15H22FNS/c1-15(2)9-14(10-18-11-15)17-8-7-12-3-5-13(16)6-4-12/h3-6,14,17H,7-11H2,1-2H3. The maximum atomic E-state index is 12.8. The van der Waals surface area contributed by atoms with Crippen LogP contribution in [-0.2, 0) is 6.42 Å². The average molecular weight is 267 g/mol. The Balaban J connectivity index is 1.73. The van der Waals surface area contributed by atoms with Gasteiger partial charge in [-0.25, -0.2) is 4.39 Å². The first kappa shape index (κ1) is 13.9. The number of nitrogens with one attached hydrogen (secondary N) is 1. The fourth-order valence-electron chi connectivity index (χ4n) is 2.47. The second kappa shape index (κ2) is 6.07. The average Bonchev–Trinajstić information content (AvgIpc) is 2.30. The predicted molar refractivity (Wildman–Crippen MR) is 77.6 cm³/mol. The van der Waals surface area contributed by atoms with Crippen LogP contribution in [0.25, 0.3) is 0 Å². The zero-order chi connectivity index (χ0) is 13.0. The second-order valence-corrected chi connectivity index (χ2v) is 6.94. The van der Waals surface area contributed by atoms with Crippen molar-refractivity contribution in [3.8, 4) is 0 Å². The number of halogens is 1. The van der Waals surface area contributed by atoms with E-state index in [2.05, 4.69) is 19.2 Å². The molecule has 0 spiro atoms. The van der Waals surface area contributed by atoms with E-state index in [1.807, 2.05) is 23.9 Å². The van der Waals surface area contributed by atoms with E-state index in [0.717, 1.165) is 13.0 Å². The molecule has 0 aliphatic carbocycles. The number of thioether (sulfide) groups is 1. The maximum absolute atomic E-state index is 12.8. The second-order valence-electron chi connectivity index (χ2n) is 5.91. The zero-order valence-corrected chi connectivity index (χ0v) is 12.0. The molecule has 1 nitrogen and oxygen atoms in total. The molecule has 18 heavy (non-hydrogen) atoms. The van der Waals surface area contributed by atoms with E-state index in [9.17, 15) is 4.39 Å². The summed E-state index contributed by atoms with van der Waals surface area (Å²) in [5.74, 6) is 2.33. The van der Waals surface area contributed by atoms with Gasteiger partial charge in [-0.05, 0) is 48.3 Å². The van der Waals surface area contributed by atoms with E-state index in [4.69, 9.17) is 0 Å². The molecule has 0 saturated carbocycles. The summed E-state index contributed by atoms with van der Waals surface area (Å²) in [6, 6.07) is 7.44. The predicted octanol–water partition coefficient (Wildman–Crippen LogP) is 3.49. The number of hydrogen-bond donors (Lipinski definition) is 1. The van der Waals surface area contributed by atoms with Gasteiger partial charge in [0.2, 0.25) is 0 Å². The Labute approximate surface area is 114 Å². The third-order valence-electron chi connectivity index (χ3n) is 3.37. The molecule has 1 unspecified atom stereocenters. The van der Waals surface area contributed by atoms with Crippen LogP contribution in [0.15, 0.2) is 24.3 Å². The van der Waals surface area contributed by atoms with Crippen molar-refractivity contribution in [1.82, 2.24) is 5.32 Å². The molecule has 1 aliphatic rings. The molecule has 1 heterocycles. The van der Waals surface area contributed by atoms with Crippen LogP contribution in [-0.4, -0.2) is 24.1 Å². The van der Waals surface area contributed by atoms with Gasteiger partial charge >= 0.3 is 0 Å². The molecule has 1 aliphatic heterocycles. The van der Waals surface area contributed by atoms with Crippen LogP contribution in [0, 0.1) is 11.2 Å². The molecule has 2 rings (SSSR count). The van der Waals surface area contributed by atoms with Gasteiger partial charge in [-0.1, -0.05) is 26.0 Å². The summed E-state index contributed by atoms with van der Waals surface area (Å²) in [4.78, 5) is 0. The van der Waals surface area contributed by atoms with E-state index in [1.165, 1.54) is 35.6 Å². The molecule has 1 fully saturated rings. The van der Waals surface area contributed by atoms with Gasteiger partial charge in [0, 0.05) is 11.8 Å². The Morgan fingerprint density at radius 3 is 2.72 bits per heavy atom. The molecular formula is C15H22FNS. The molecule has 0 radical (unpaired) electrons. The Kier molecular flexibility index (Phi) is 4.68. The molecule has 0 aromatic heterocycles. The summed E-state index contributed by atoms with van der Waals surface area (Å²) >= 11 is 2.05. The first-order chi connectivity index (χ1) is 8.55. The number of rotatable bonds is 4. The molecule has 3 heteroatoms. The van der Waals surface area contributed by atoms with E-state index in [1.54, 1.807) is 0 Å². The summed E-state index contributed by atoms with van der Waals surface area (Å²) < 4.78 is 12.8. The molecule has 0 bridgehead atoms. The third-order valence-corrected chi connectivity index (χ3v) is 4.99. The van der Waals surface area contributed by atoms with Gasteiger partial charge in [0.05, 0.1) is 0 Å². The molecular weight excluding hydrogens is 245 g/mol. The highest BCUT2D eigenvalue weighted by molar-refractivity contribution is 7.99. The van der Waals surface area contributed by atoms with Crippen LogP contribution in [0.4, 0.5) is 4.39 Å². The lowest BCUT2D eigenvalue weighted by Crippen LogP contribution is -2.41. The van der Waals surface area contributed by atoms with Crippen LogP contribution in [0.1, 0.15) is 25.8 Å². The van der Waals surface area contributed by atoms with E-state index < -0.39 is 0 Å². The van der Waals surface area contributed by atoms with E-state index >= 15 is 0 Å². The zero-order valence-electron chi connectivity index (χ0n) is 11.2. The minimum atomic E-state index is -0.155. The maximum Gasteiger partial charge on any atom is 0.123 e. The summed E-state index contributed by atoms with van der Waals surface area (Å²) in [5, 5.41) is 3.63. The number of hydrogen-bond acceptors (Lipinski definition) is 2. The van der Waals surface area contributed by atoms with Crippen molar-refractivity contribution in [2.24, 2.45) is 5.41 Å². The smallest absolute Gasteiger partial charge is 0.123 e. The van der Waals surface area contributed by atoms with E-state index in [-0.39, 0.29) is 5.82 Å². The van der Waals surface area contributed by atoms with Gasteiger partial charge in [0.1, 0.15) is 5.82 Å². The van der Waals surface area contributed by atoms with Gasteiger partial charge in [-0.2, -0.15) is 11.8 Å². The molecule has 1 aromatic carbocycles. The lowest BCUT2D eigenvalue weighted by Gasteiger charge is -2.35. The Bertz CT molecular complexity index is 375. The van der Waals surface area contributed by atoms with Crippen molar-refractivity contribution in [1.29, 1.82) is 0 Å². The minimum absolute atomic E-state index is 0.155. The first-order valence-corrected chi connectivity index (χ1v) is 7.76. The van der Waals surface area contributed by atoms with Crippen molar-refractivity contribution in [3.63, 3.8) is 0 Å². The summed E-state index contributed by atoms with van der Waals surface area (Å²) in [5.41, 5.74) is 1.66. The minimum Gasteiger partial charge on any atom is -0.313 e. The highest BCUT2D eigenvalue weighted by Crippen LogP contribution is 2.33. The number of benzene rings is 1. The lowest BCUT2D eigenvalue weighted by molar-refractivity contribution is 0.319. The van der Waals surface area contributed by atoms with Gasteiger partial charge in [0.15, 0.2) is 0 Å². The monoisotopic (exact) mass is 267 g/mol.